The SMILES string of the molecule is COC1(c2cc(F)cc(OCc3ccc(N(C)C(=O)N4CCCC4)cc3)c2)CCOCC1. The standard InChI is InChI=1S/C25H31FN2O4/c1-27(24(29)28-11-3-4-12-28)22-7-5-19(6-8-22)18-32-23-16-20(15-21(26)17-23)25(30-2)9-13-31-14-10-25/h5-8,15-17H,3-4,9-14,18H2,1-2H3. The van der Waals surface area contributed by atoms with Crippen LogP contribution in [-0.4, -0.2) is 51.4 Å². The molecule has 32 heavy (non-hydrogen) atoms. The van der Waals surface area contributed by atoms with Crippen molar-refractivity contribution in [1.82, 2.24) is 4.90 Å². The number of carbonyl (C=O) groups is 1. The van der Waals surface area contributed by atoms with Crippen LogP contribution in [0.2, 0.25) is 0 Å². The van der Waals surface area contributed by atoms with Gasteiger partial charge in [-0.25, -0.2) is 9.18 Å². The molecule has 2 aliphatic rings. The molecule has 0 bridgehead atoms. The van der Waals surface area contributed by atoms with E-state index in [1.54, 1.807) is 19.1 Å². The number of amides is 2. The van der Waals surface area contributed by atoms with Gasteiger partial charge in [-0.1, -0.05) is 12.1 Å². The second-order valence-corrected chi connectivity index (χ2v) is 8.48. The Morgan fingerprint density at radius 3 is 2.47 bits per heavy atom. The minimum Gasteiger partial charge on any atom is -0.489 e. The number of hydrogen-bond acceptors (Lipinski definition) is 4. The van der Waals surface area contributed by atoms with Crippen LogP contribution in [0.3, 0.4) is 0 Å². The van der Waals surface area contributed by atoms with Crippen LogP contribution in [0.15, 0.2) is 42.5 Å². The topological polar surface area (TPSA) is 51.2 Å². The third-order valence-electron chi connectivity index (χ3n) is 6.48. The predicted molar refractivity (Wildman–Crippen MR) is 121 cm³/mol. The number of ether oxygens (including phenoxy) is 3. The van der Waals surface area contributed by atoms with Gasteiger partial charge in [0, 0.05) is 65.1 Å². The van der Waals surface area contributed by atoms with Crippen molar-refractivity contribution in [2.75, 3.05) is 45.4 Å². The summed E-state index contributed by atoms with van der Waals surface area (Å²) in [5.41, 5.74) is 2.00. The van der Waals surface area contributed by atoms with Crippen LogP contribution in [0, 0.1) is 5.82 Å². The average molecular weight is 443 g/mol. The number of rotatable bonds is 6. The number of nitrogens with zero attached hydrogens (tertiary/aromatic N) is 2. The van der Waals surface area contributed by atoms with Gasteiger partial charge in [-0.05, 0) is 48.2 Å². The molecule has 7 heteroatoms. The minimum atomic E-state index is -0.549. The zero-order valence-corrected chi connectivity index (χ0v) is 18.8. The van der Waals surface area contributed by atoms with Crippen LogP contribution in [0.5, 0.6) is 5.75 Å². The van der Waals surface area contributed by atoms with E-state index in [0.717, 1.165) is 42.7 Å². The molecule has 2 heterocycles. The van der Waals surface area contributed by atoms with Crippen molar-refractivity contribution < 1.29 is 23.4 Å². The van der Waals surface area contributed by atoms with Gasteiger partial charge in [0.25, 0.3) is 0 Å². The molecular formula is C25H31FN2O4. The lowest BCUT2D eigenvalue weighted by Gasteiger charge is -2.36. The minimum absolute atomic E-state index is 0.0268. The van der Waals surface area contributed by atoms with Crippen LogP contribution in [-0.2, 0) is 21.7 Å². The summed E-state index contributed by atoms with van der Waals surface area (Å²) in [6.07, 6.45) is 3.49. The molecule has 2 fully saturated rings. The number of urea groups is 1. The van der Waals surface area contributed by atoms with Gasteiger partial charge in [0.1, 0.15) is 18.2 Å². The van der Waals surface area contributed by atoms with Crippen molar-refractivity contribution in [3.8, 4) is 5.75 Å². The van der Waals surface area contributed by atoms with E-state index in [1.807, 2.05) is 35.2 Å². The van der Waals surface area contributed by atoms with E-state index in [9.17, 15) is 9.18 Å². The molecule has 0 atom stereocenters. The largest absolute Gasteiger partial charge is 0.489 e. The lowest BCUT2D eigenvalue weighted by Crippen LogP contribution is -2.39. The summed E-state index contributed by atoms with van der Waals surface area (Å²) in [4.78, 5) is 16.1. The molecule has 2 aliphatic heterocycles. The highest BCUT2D eigenvalue weighted by Crippen LogP contribution is 2.37. The molecule has 0 aliphatic carbocycles. The smallest absolute Gasteiger partial charge is 0.324 e. The molecular weight excluding hydrogens is 411 g/mol. The molecule has 6 nitrogen and oxygen atoms in total. The number of likely N-dealkylation sites (tertiary alicyclic amines) is 1. The van der Waals surface area contributed by atoms with Crippen LogP contribution < -0.4 is 9.64 Å². The number of anilines is 1. The van der Waals surface area contributed by atoms with E-state index in [-0.39, 0.29) is 11.8 Å². The van der Waals surface area contributed by atoms with Gasteiger partial charge in [-0.15, -0.1) is 0 Å². The highest BCUT2D eigenvalue weighted by atomic mass is 19.1. The van der Waals surface area contributed by atoms with E-state index < -0.39 is 5.60 Å². The Hall–Kier alpha value is -2.64. The van der Waals surface area contributed by atoms with E-state index in [1.165, 1.54) is 12.1 Å². The Bertz CT molecular complexity index is 922. The fourth-order valence-electron chi connectivity index (χ4n) is 4.43. The van der Waals surface area contributed by atoms with Gasteiger partial charge in [0.05, 0.1) is 5.60 Å². The zero-order chi connectivity index (χ0) is 22.6. The van der Waals surface area contributed by atoms with Crippen molar-refractivity contribution in [2.24, 2.45) is 0 Å². The van der Waals surface area contributed by atoms with Crippen molar-refractivity contribution in [2.45, 2.75) is 37.9 Å². The highest BCUT2D eigenvalue weighted by Gasteiger charge is 2.35. The molecule has 0 N–H and O–H groups in total. The first kappa shape index (κ1) is 22.6. The first-order valence-electron chi connectivity index (χ1n) is 11.2. The maximum absolute atomic E-state index is 14.4. The lowest BCUT2D eigenvalue weighted by atomic mass is 9.86. The predicted octanol–water partition coefficient (Wildman–Crippen LogP) is 4.71. The molecule has 2 saturated heterocycles. The molecule has 2 aromatic carbocycles. The molecule has 0 saturated carbocycles. The third kappa shape index (κ3) is 4.89. The summed E-state index contributed by atoms with van der Waals surface area (Å²) in [6.45, 7) is 3.11. The Morgan fingerprint density at radius 2 is 1.81 bits per heavy atom. The summed E-state index contributed by atoms with van der Waals surface area (Å²) in [6, 6.07) is 12.5. The molecule has 0 spiro atoms. The highest BCUT2D eigenvalue weighted by molar-refractivity contribution is 5.91. The van der Waals surface area contributed by atoms with Gasteiger partial charge >= 0.3 is 6.03 Å². The lowest BCUT2D eigenvalue weighted by molar-refractivity contribution is -0.0950. The van der Waals surface area contributed by atoms with Crippen LogP contribution in [0.25, 0.3) is 0 Å². The van der Waals surface area contributed by atoms with Crippen LogP contribution in [0.4, 0.5) is 14.9 Å². The van der Waals surface area contributed by atoms with E-state index in [4.69, 9.17) is 14.2 Å². The Kier molecular flexibility index (Phi) is 6.96. The zero-order valence-electron chi connectivity index (χ0n) is 18.8. The maximum atomic E-state index is 14.4. The summed E-state index contributed by atoms with van der Waals surface area (Å²) in [5, 5.41) is 0. The normalized spacial score (nSPS) is 17.9. The Morgan fingerprint density at radius 1 is 1.12 bits per heavy atom. The molecule has 0 unspecified atom stereocenters. The van der Waals surface area contributed by atoms with Crippen LogP contribution in [0.1, 0.15) is 36.8 Å². The summed E-state index contributed by atoms with van der Waals surface area (Å²) in [7, 11) is 3.45. The van der Waals surface area contributed by atoms with Crippen LogP contribution >= 0.6 is 0 Å². The fourth-order valence-corrected chi connectivity index (χ4v) is 4.43. The first-order valence-corrected chi connectivity index (χ1v) is 11.2. The number of hydrogen-bond donors (Lipinski definition) is 0. The molecule has 4 rings (SSSR count). The third-order valence-corrected chi connectivity index (χ3v) is 6.48. The molecule has 0 radical (unpaired) electrons. The molecule has 2 aromatic rings. The van der Waals surface area contributed by atoms with Gasteiger partial charge in [-0.3, -0.25) is 4.90 Å². The van der Waals surface area contributed by atoms with E-state index >= 15 is 0 Å². The Labute approximate surface area is 188 Å². The van der Waals surface area contributed by atoms with E-state index in [0.29, 0.717) is 38.4 Å². The van der Waals surface area contributed by atoms with Crippen molar-refractivity contribution >= 4 is 11.7 Å². The van der Waals surface area contributed by atoms with Crippen molar-refractivity contribution in [3.63, 3.8) is 0 Å². The van der Waals surface area contributed by atoms with E-state index in [2.05, 4.69) is 0 Å². The second kappa shape index (κ2) is 9.88. The second-order valence-electron chi connectivity index (χ2n) is 8.48. The first-order chi connectivity index (χ1) is 15.5. The fraction of sp³-hybridized carbons (Fsp3) is 0.480. The average Bonchev–Trinajstić information content (AvgIpc) is 3.37. The monoisotopic (exact) mass is 442 g/mol. The number of methoxy groups -OCH3 is 1. The van der Waals surface area contributed by atoms with Gasteiger partial charge in [0.2, 0.25) is 0 Å². The Balaban J connectivity index is 1.41. The number of benzene rings is 2. The summed E-state index contributed by atoms with van der Waals surface area (Å²) < 4.78 is 31.5. The molecule has 2 amide bonds. The maximum Gasteiger partial charge on any atom is 0.324 e. The van der Waals surface area contributed by atoms with Gasteiger partial charge in [-0.2, -0.15) is 0 Å². The number of halogens is 1. The number of carbonyl (C=O) groups excluding carboxylic acids is 1. The molecule has 0 aromatic heterocycles. The summed E-state index contributed by atoms with van der Waals surface area (Å²) >= 11 is 0. The van der Waals surface area contributed by atoms with Gasteiger partial charge < -0.3 is 19.1 Å². The van der Waals surface area contributed by atoms with Gasteiger partial charge in [0.15, 0.2) is 0 Å². The summed E-state index contributed by atoms with van der Waals surface area (Å²) in [5.74, 6) is 0.117. The molecule has 172 valence electrons. The van der Waals surface area contributed by atoms with Crippen molar-refractivity contribution in [1.29, 1.82) is 0 Å². The quantitative estimate of drug-likeness (QED) is 0.650. The van der Waals surface area contributed by atoms with Crippen molar-refractivity contribution in [3.05, 3.63) is 59.4 Å².